The summed E-state index contributed by atoms with van der Waals surface area (Å²) in [5.74, 6) is 0.391. The Morgan fingerprint density at radius 2 is 2.00 bits per heavy atom. The molecule has 0 saturated carbocycles. The van der Waals surface area contributed by atoms with Crippen molar-refractivity contribution in [2.45, 2.75) is 0 Å². The Balaban J connectivity index is 2.49. The normalized spacial score (nSPS) is 10.3. The Morgan fingerprint density at radius 1 is 1.33 bits per heavy atom. The third kappa shape index (κ3) is 1.97. The van der Waals surface area contributed by atoms with Gasteiger partial charge in [0, 0.05) is 0 Å². The second-order valence-electron chi connectivity index (χ2n) is 2.89. The Morgan fingerprint density at radius 3 is 2.60 bits per heavy atom. The van der Waals surface area contributed by atoms with E-state index in [4.69, 9.17) is 4.74 Å². The molecule has 78 valence electrons. The van der Waals surface area contributed by atoms with Gasteiger partial charge >= 0.3 is 0 Å². The molecule has 3 nitrogen and oxygen atoms in total. The summed E-state index contributed by atoms with van der Waals surface area (Å²) in [7, 11) is 1.58. The predicted octanol–water partition coefficient (Wildman–Crippen LogP) is 2.62. The predicted molar refractivity (Wildman–Crippen MR) is 62.8 cm³/mol. The number of ether oxygens (including phenoxy) is 1. The summed E-state index contributed by atoms with van der Waals surface area (Å²) in [6.07, 6.45) is 1.70. The van der Waals surface area contributed by atoms with Crippen LogP contribution in [0.1, 0.15) is 0 Å². The third-order valence-corrected chi connectivity index (χ3v) is 2.69. The van der Waals surface area contributed by atoms with Gasteiger partial charge in [0.15, 0.2) is 0 Å². The topological polar surface area (TPSA) is 27.1 Å². The summed E-state index contributed by atoms with van der Waals surface area (Å²) in [6, 6.07) is 6.09. The van der Waals surface area contributed by atoms with E-state index in [1.807, 2.05) is 0 Å². The van der Waals surface area contributed by atoms with E-state index >= 15 is 0 Å². The quantitative estimate of drug-likeness (QED) is 0.796. The largest absolute Gasteiger partial charge is 0.480 e. The lowest BCUT2D eigenvalue weighted by Crippen LogP contribution is -2.00. The van der Waals surface area contributed by atoms with E-state index in [1.165, 1.54) is 12.1 Å². The highest BCUT2D eigenvalue weighted by atomic mass is 127. The summed E-state index contributed by atoms with van der Waals surface area (Å²) in [6.45, 7) is 0. The Kier molecular flexibility index (Phi) is 2.90. The van der Waals surface area contributed by atoms with Crippen LogP contribution >= 0.6 is 22.6 Å². The monoisotopic (exact) mass is 318 g/mol. The minimum Gasteiger partial charge on any atom is -0.480 e. The van der Waals surface area contributed by atoms with Gasteiger partial charge in [-0.05, 0) is 46.9 Å². The molecule has 0 unspecified atom stereocenters. The third-order valence-electron chi connectivity index (χ3n) is 1.95. The van der Waals surface area contributed by atoms with Gasteiger partial charge in [0.1, 0.15) is 5.82 Å². The van der Waals surface area contributed by atoms with Gasteiger partial charge in [-0.25, -0.2) is 9.07 Å². The van der Waals surface area contributed by atoms with Crippen molar-refractivity contribution >= 4 is 22.6 Å². The van der Waals surface area contributed by atoms with Crippen LogP contribution in [0.3, 0.4) is 0 Å². The van der Waals surface area contributed by atoms with Gasteiger partial charge in [-0.1, -0.05) is 0 Å². The maximum absolute atomic E-state index is 12.7. The van der Waals surface area contributed by atoms with Crippen LogP contribution in [0.5, 0.6) is 5.88 Å². The zero-order chi connectivity index (χ0) is 10.8. The Bertz CT molecular complexity index is 467. The lowest BCUT2D eigenvalue weighted by atomic mass is 10.3. The maximum atomic E-state index is 12.7. The minimum absolute atomic E-state index is 0.264. The van der Waals surface area contributed by atoms with Crippen molar-refractivity contribution in [1.29, 1.82) is 0 Å². The summed E-state index contributed by atoms with van der Waals surface area (Å²) < 4.78 is 20.5. The summed E-state index contributed by atoms with van der Waals surface area (Å²) in [5, 5.41) is 4.15. The molecule has 0 saturated heterocycles. The molecule has 0 aliphatic carbocycles. The molecule has 1 heterocycles. The zero-order valence-corrected chi connectivity index (χ0v) is 10.1. The van der Waals surface area contributed by atoms with E-state index < -0.39 is 0 Å². The number of benzene rings is 1. The molecule has 2 aromatic rings. The molecule has 2 rings (SSSR count). The van der Waals surface area contributed by atoms with Gasteiger partial charge in [-0.2, -0.15) is 5.10 Å². The fraction of sp³-hybridized carbons (Fsp3) is 0.100. The van der Waals surface area contributed by atoms with Gasteiger partial charge in [0.05, 0.1) is 22.6 Å². The first-order chi connectivity index (χ1) is 7.22. The average molecular weight is 318 g/mol. The van der Waals surface area contributed by atoms with Crippen LogP contribution in [0.25, 0.3) is 5.69 Å². The lowest BCUT2D eigenvalue weighted by Gasteiger charge is -2.05. The van der Waals surface area contributed by atoms with Crippen LogP contribution in [0, 0.1) is 9.39 Å². The Labute approximate surface area is 100 Å². The van der Waals surface area contributed by atoms with Crippen molar-refractivity contribution in [3.63, 3.8) is 0 Å². The number of aromatic nitrogens is 2. The molecule has 1 aromatic heterocycles. The van der Waals surface area contributed by atoms with E-state index in [0.29, 0.717) is 5.88 Å². The summed E-state index contributed by atoms with van der Waals surface area (Å²) in [4.78, 5) is 0. The molecule has 1 aromatic carbocycles. The zero-order valence-electron chi connectivity index (χ0n) is 7.95. The highest BCUT2D eigenvalue weighted by Crippen LogP contribution is 2.23. The number of nitrogens with zero attached hydrogens (tertiary/aromatic N) is 2. The molecule has 0 bridgehead atoms. The molecule has 0 fully saturated rings. The number of halogens is 2. The summed E-state index contributed by atoms with van der Waals surface area (Å²) >= 11 is 2.13. The molecule has 0 amide bonds. The molecular formula is C10H8FIN2O. The van der Waals surface area contributed by atoms with Crippen LogP contribution < -0.4 is 4.74 Å². The van der Waals surface area contributed by atoms with Gasteiger partial charge in [0.2, 0.25) is 5.88 Å². The van der Waals surface area contributed by atoms with E-state index in [9.17, 15) is 4.39 Å². The van der Waals surface area contributed by atoms with E-state index in [0.717, 1.165) is 9.26 Å². The van der Waals surface area contributed by atoms with Crippen molar-refractivity contribution < 1.29 is 9.13 Å². The van der Waals surface area contributed by atoms with Crippen molar-refractivity contribution in [2.24, 2.45) is 0 Å². The average Bonchev–Trinajstić information content (AvgIpc) is 2.61. The first kappa shape index (κ1) is 10.4. The second-order valence-corrected chi connectivity index (χ2v) is 4.05. The molecule has 5 heteroatoms. The molecule has 0 aliphatic rings. The van der Waals surface area contributed by atoms with Crippen LogP contribution in [0.4, 0.5) is 4.39 Å². The molecule has 0 atom stereocenters. The number of rotatable bonds is 2. The standard InChI is InChI=1S/C10H8FIN2O/c1-15-10-9(12)6-13-14(10)8-4-2-7(11)3-5-8/h2-6H,1H3. The van der Waals surface area contributed by atoms with Crippen molar-refractivity contribution in [2.75, 3.05) is 7.11 Å². The number of hydrogen-bond acceptors (Lipinski definition) is 2. The van der Waals surface area contributed by atoms with E-state index in [-0.39, 0.29) is 5.82 Å². The van der Waals surface area contributed by atoms with Crippen LogP contribution in [-0.2, 0) is 0 Å². The van der Waals surface area contributed by atoms with Crippen LogP contribution in [0.2, 0.25) is 0 Å². The van der Waals surface area contributed by atoms with Gasteiger partial charge < -0.3 is 4.74 Å². The minimum atomic E-state index is -0.264. The molecule has 0 spiro atoms. The van der Waals surface area contributed by atoms with Gasteiger partial charge in [-0.15, -0.1) is 0 Å². The fourth-order valence-corrected chi connectivity index (χ4v) is 1.84. The molecule has 0 N–H and O–H groups in total. The van der Waals surface area contributed by atoms with E-state index in [2.05, 4.69) is 27.7 Å². The SMILES string of the molecule is COc1c(I)cnn1-c1ccc(F)cc1. The lowest BCUT2D eigenvalue weighted by molar-refractivity contribution is 0.381. The highest BCUT2D eigenvalue weighted by molar-refractivity contribution is 14.1. The number of methoxy groups -OCH3 is 1. The van der Waals surface area contributed by atoms with Gasteiger partial charge in [-0.3, -0.25) is 0 Å². The van der Waals surface area contributed by atoms with E-state index in [1.54, 1.807) is 30.1 Å². The smallest absolute Gasteiger partial charge is 0.230 e. The Hall–Kier alpha value is -1.11. The van der Waals surface area contributed by atoms with Crippen LogP contribution in [0.15, 0.2) is 30.5 Å². The first-order valence-corrected chi connectivity index (χ1v) is 5.33. The maximum Gasteiger partial charge on any atom is 0.230 e. The fourth-order valence-electron chi connectivity index (χ4n) is 1.27. The highest BCUT2D eigenvalue weighted by Gasteiger charge is 2.09. The molecular weight excluding hydrogens is 310 g/mol. The number of hydrogen-bond donors (Lipinski definition) is 0. The molecule has 0 aliphatic heterocycles. The van der Waals surface area contributed by atoms with Crippen LogP contribution in [-0.4, -0.2) is 16.9 Å². The molecule has 15 heavy (non-hydrogen) atoms. The van der Waals surface area contributed by atoms with Crippen molar-refractivity contribution in [3.05, 3.63) is 39.8 Å². The molecule has 0 radical (unpaired) electrons. The van der Waals surface area contributed by atoms with Gasteiger partial charge in [0.25, 0.3) is 0 Å². The second kappa shape index (κ2) is 4.18. The van der Waals surface area contributed by atoms with Crippen molar-refractivity contribution in [1.82, 2.24) is 9.78 Å². The first-order valence-electron chi connectivity index (χ1n) is 4.26. The van der Waals surface area contributed by atoms with Crippen molar-refractivity contribution in [3.8, 4) is 11.6 Å². The summed E-state index contributed by atoms with van der Waals surface area (Å²) in [5.41, 5.74) is 0.774.